The van der Waals surface area contributed by atoms with Gasteiger partial charge in [-0.05, 0) is 12.9 Å². The number of hydrogen-bond acceptors (Lipinski definition) is 2. The van der Waals surface area contributed by atoms with Crippen molar-refractivity contribution in [2.75, 3.05) is 38.1 Å². The van der Waals surface area contributed by atoms with E-state index in [2.05, 4.69) is 15.9 Å². The predicted octanol–water partition coefficient (Wildman–Crippen LogP) is 1.10. The Morgan fingerprint density at radius 2 is 2.20 bits per heavy atom. The van der Waals surface area contributed by atoms with E-state index in [-0.39, 0.29) is 13.1 Å². The molecule has 2 nitrogen and oxygen atoms in total. The summed E-state index contributed by atoms with van der Waals surface area (Å²) in [6.45, 7) is -1.20. The van der Waals surface area contributed by atoms with Crippen LogP contribution in [0.15, 0.2) is 0 Å². The molecular weight excluding hydrogens is 194 g/mol. The quantitative estimate of drug-likeness (QED) is 0.652. The highest BCUT2D eigenvalue weighted by Crippen LogP contribution is 1.98. The van der Waals surface area contributed by atoms with Crippen molar-refractivity contribution in [2.24, 2.45) is 0 Å². The minimum atomic E-state index is -2.66. The zero-order valence-corrected chi connectivity index (χ0v) is 7.15. The molecule has 60 valence electrons. The molecule has 0 aromatic carbocycles. The zero-order chi connectivity index (χ0) is 12.6. The largest absolute Gasteiger partial charge is 0.379 e. The van der Waals surface area contributed by atoms with Crippen LogP contribution in [0, 0.1) is 0 Å². The molecule has 0 unspecified atom stereocenters. The molecular formula is C7H14BrNO. The summed E-state index contributed by atoms with van der Waals surface area (Å²) in [6.07, 6.45) is -2.66. The number of hydrogen-bond donors (Lipinski definition) is 0. The van der Waals surface area contributed by atoms with Gasteiger partial charge in [0.2, 0.25) is 0 Å². The van der Waals surface area contributed by atoms with Crippen LogP contribution in [0.4, 0.5) is 0 Å². The lowest BCUT2D eigenvalue weighted by atomic mass is 10.4. The number of morpholine rings is 1. The van der Waals surface area contributed by atoms with E-state index in [9.17, 15) is 0 Å². The lowest BCUT2D eigenvalue weighted by Crippen LogP contribution is -2.36. The molecule has 0 aromatic rings. The van der Waals surface area contributed by atoms with Crippen molar-refractivity contribution in [3.8, 4) is 0 Å². The van der Waals surface area contributed by atoms with Gasteiger partial charge in [-0.3, -0.25) is 4.90 Å². The maximum absolute atomic E-state index is 7.77. The van der Waals surface area contributed by atoms with Crippen LogP contribution in [-0.2, 0) is 4.74 Å². The monoisotopic (exact) mass is 213 g/mol. The van der Waals surface area contributed by atoms with Crippen LogP contribution in [0.25, 0.3) is 0 Å². The molecule has 3 heteroatoms. The fourth-order valence-corrected chi connectivity index (χ4v) is 0.864. The third-order valence-corrected chi connectivity index (χ3v) is 1.47. The van der Waals surface area contributed by atoms with E-state index < -0.39 is 18.2 Å². The molecule has 0 N–H and O–H groups in total. The third-order valence-electron chi connectivity index (χ3n) is 1.27. The van der Waals surface area contributed by atoms with Crippen LogP contribution in [0.3, 0.4) is 0 Å². The molecule has 1 aliphatic heterocycles. The van der Waals surface area contributed by atoms with Gasteiger partial charge in [0.05, 0.1) is 13.2 Å². The molecule has 1 aliphatic rings. The van der Waals surface area contributed by atoms with Crippen molar-refractivity contribution in [3.05, 3.63) is 0 Å². The Bertz CT molecular complexity index is 250. The predicted molar refractivity (Wildman–Crippen MR) is 45.7 cm³/mol. The van der Waals surface area contributed by atoms with Crippen LogP contribution < -0.4 is 0 Å². The van der Waals surface area contributed by atoms with Gasteiger partial charge in [-0.25, -0.2) is 0 Å². The average Bonchev–Trinajstić information content (AvgIpc) is 2.17. The van der Waals surface area contributed by atoms with Gasteiger partial charge in [-0.1, -0.05) is 15.9 Å². The summed E-state index contributed by atoms with van der Waals surface area (Å²) in [5, 5.41) is -2.43. The van der Waals surface area contributed by atoms with Crippen molar-refractivity contribution >= 4 is 15.9 Å². The summed E-state index contributed by atoms with van der Waals surface area (Å²) in [5.41, 5.74) is 0. The van der Waals surface area contributed by atoms with Crippen molar-refractivity contribution in [1.82, 2.24) is 4.90 Å². The fourth-order valence-electron chi connectivity index (χ4n) is 0.775. The van der Waals surface area contributed by atoms with E-state index in [1.54, 1.807) is 0 Å². The molecule has 0 spiro atoms. The minimum absolute atomic E-state index is 0.260. The van der Waals surface area contributed by atoms with Gasteiger partial charge in [0.25, 0.3) is 0 Å². The first-order valence-electron chi connectivity index (χ1n) is 6.12. The highest BCUT2D eigenvalue weighted by atomic mass is 79.9. The van der Waals surface area contributed by atoms with Crippen molar-refractivity contribution in [3.63, 3.8) is 0 Å². The van der Waals surface area contributed by atoms with Crippen LogP contribution in [-0.4, -0.2) is 43.0 Å². The second-order valence-corrected chi connectivity index (χ2v) is 2.33. The number of ether oxygens (including phenoxy) is 1. The summed E-state index contributed by atoms with van der Waals surface area (Å²) in [7, 11) is 0. The van der Waals surface area contributed by atoms with Crippen LogP contribution in [0.1, 0.15) is 14.6 Å². The lowest BCUT2D eigenvalue weighted by Gasteiger charge is -2.25. The second kappa shape index (κ2) is 5.10. The van der Waals surface area contributed by atoms with E-state index in [4.69, 9.17) is 13.0 Å². The Kier molecular flexibility index (Phi) is 1.74. The van der Waals surface area contributed by atoms with Gasteiger partial charge < -0.3 is 4.74 Å². The molecule has 0 atom stereocenters. The smallest absolute Gasteiger partial charge is 0.0594 e. The van der Waals surface area contributed by atoms with E-state index in [1.165, 1.54) is 4.90 Å². The van der Waals surface area contributed by atoms with Gasteiger partial charge in [0.15, 0.2) is 0 Å². The first-order chi connectivity index (χ1) is 7.11. The average molecular weight is 214 g/mol. The first kappa shape index (κ1) is 3.42. The maximum Gasteiger partial charge on any atom is 0.0594 e. The molecule has 0 aliphatic carbocycles. The van der Waals surface area contributed by atoms with Crippen molar-refractivity contribution in [1.29, 1.82) is 0 Å². The Morgan fingerprint density at radius 1 is 1.50 bits per heavy atom. The number of alkyl halides is 1. The molecule has 0 amide bonds. The molecule has 0 saturated carbocycles. The lowest BCUT2D eigenvalue weighted by molar-refractivity contribution is 0.0381. The van der Waals surface area contributed by atoms with Crippen molar-refractivity contribution < 1.29 is 13.0 Å². The SMILES string of the molecule is [2H]C([2H])(Br)C([2H])([2H])C([2H])([2H])N1CCOCC1. The van der Waals surface area contributed by atoms with E-state index in [0.29, 0.717) is 13.2 Å². The van der Waals surface area contributed by atoms with Gasteiger partial charge in [0.1, 0.15) is 0 Å². The highest BCUT2D eigenvalue weighted by Gasteiger charge is 2.08. The summed E-state index contributed by atoms with van der Waals surface area (Å²) in [6, 6.07) is 0. The molecule has 10 heavy (non-hydrogen) atoms. The molecule has 0 aromatic heterocycles. The number of halogens is 1. The van der Waals surface area contributed by atoms with E-state index in [0.717, 1.165) is 0 Å². The van der Waals surface area contributed by atoms with Crippen LogP contribution >= 0.6 is 15.9 Å². The topological polar surface area (TPSA) is 12.5 Å². The summed E-state index contributed by atoms with van der Waals surface area (Å²) in [5.74, 6) is 0. The first-order valence-corrected chi connectivity index (χ1v) is 3.92. The Morgan fingerprint density at radius 3 is 2.80 bits per heavy atom. The van der Waals surface area contributed by atoms with E-state index >= 15 is 0 Å². The van der Waals surface area contributed by atoms with Crippen molar-refractivity contribution in [2.45, 2.75) is 6.37 Å². The zero-order valence-electron chi connectivity index (χ0n) is 11.6. The molecule has 1 rings (SSSR count). The van der Waals surface area contributed by atoms with Crippen LogP contribution in [0.2, 0.25) is 0 Å². The van der Waals surface area contributed by atoms with Gasteiger partial charge in [-0.15, -0.1) is 0 Å². The highest BCUT2D eigenvalue weighted by molar-refractivity contribution is 9.09. The molecule has 0 bridgehead atoms. The normalized spacial score (nSPS) is 34.5. The third kappa shape index (κ3) is 2.99. The molecule has 1 heterocycles. The van der Waals surface area contributed by atoms with Gasteiger partial charge in [0, 0.05) is 26.6 Å². The summed E-state index contributed by atoms with van der Waals surface area (Å²) >= 11 is 2.56. The van der Waals surface area contributed by atoms with Gasteiger partial charge >= 0.3 is 0 Å². The standard InChI is InChI=1S/C7H14BrNO/c8-2-1-3-9-4-6-10-7-5-9/h1-7H2/i1D2,2D2,3D2. The Balaban J connectivity index is 2.90. The molecule has 1 fully saturated rings. The molecule has 0 radical (unpaired) electrons. The Hall–Kier alpha value is 0.400. The van der Waals surface area contributed by atoms with E-state index in [1.807, 2.05) is 0 Å². The fraction of sp³-hybridized carbons (Fsp3) is 1.00. The summed E-state index contributed by atoms with van der Waals surface area (Å²) in [4.78, 5) is 1.27. The van der Waals surface area contributed by atoms with Crippen LogP contribution in [0.5, 0.6) is 0 Å². The number of nitrogens with zero attached hydrogens (tertiary/aromatic N) is 1. The maximum atomic E-state index is 7.77. The van der Waals surface area contributed by atoms with Gasteiger partial charge in [-0.2, -0.15) is 0 Å². The summed E-state index contributed by atoms with van der Waals surface area (Å²) < 4.78 is 50.4. The Labute approximate surface area is 79.1 Å². The number of rotatable bonds is 3. The molecule has 1 saturated heterocycles. The second-order valence-electron chi connectivity index (χ2n) is 1.93. The minimum Gasteiger partial charge on any atom is -0.379 e.